The number of urea groups is 1. The van der Waals surface area contributed by atoms with Crippen LogP contribution in [0, 0.1) is 17.8 Å². The van der Waals surface area contributed by atoms with E-state index in [2.05, 4.69) is 24.1 Å². The first-order valence-corrected chi connectivity index (χ1v) is 8.27. The van der Waals surface area contributed by atoms with E-state index in [-0.39, 0.29) is 12.6 Å². The fraction of sp³-hybridized carbons (Fsp3) is 0.562. The van der Waals surface area contributed by atoms with E-state index >= 15 is 0 Å². The van der Waals surface area contributed by atoms with Gasteiger partial charge in [0.2, 0.25) is 0 Å². The molecule has 1 aromatic heterocycles. The summed E-state index contributed by atoms with van der Waals surface area (Å²) in [5, 5.41) is 13.6. The molecule has 0 aromatic carbocycles. The molecule has 0 unspecified atom stereocenters. The highest BCUT2D eigenvalue weighted by molar-refractivity contribution is 7.10. The zero-order valence-electron chi connectivity index (χ0n) is 12.4. The van der Waals surface area contributed by atoms with Gasteiger partial charge in [-0.1, -0.05) is 18.8 Å². The van der Waals surface area contributed by atoms with Crippen LogP contribution in [0.15, 0.2) is 11.4 Å². The van der Waals surface area contributed by atoms with Crippen LogP contribution in [0.5, 0.6) is 0 Å². The first-order chi connectivity index (χ1) is 10.2. The quantitative estimate of drug-likeness (QED) is 0.843. The zero-order chi connectivity index (χ0) is 15.1. The number of piperidine rings is 1. The summed E-state index contributed by atoms with van der Waals surface area (Å²) in [6, 6.07) is 2.02. The average molecular weight is 306 g/mol. The van der Waals surface area contributed by atoms with Crippen molar-refractivity contribution < 1.29 is 9.90 Å². The third-order valence-electron chi connectivity index (χ3n) is 3.61. The van der Waals surface area contributed by atoms with Crippen molar-refractivity contribution >= 4 is 17.4 Å². The normalized spacial score (nSPS) is 15.4. The number of aliphatic hydroxyl groups is 1. The monoisotopic (exact) mass is 306 g/mol. The smallest absolute Gasteiger partial charge is 0.317 e. The Hall–Kier alpha value is -1.51. The topological polar surface area (TPSA) is 52.6 Å². The summed E-state index contributed by atoms with van der Waals surface area (Å²) in [7, 11) is 0. The lowest BCUT2D eigenvalue weighted by molar-refractivity contribution is 0.173. The highest BCUT2D eigenvalue weighted by atomic mass is 32.1. The van der Waals surface area contributed by atoms with Gasteiger partial charge in [0.05, 0.1) is 13.2 Å². The lowest BCUT2D eigenvalue weighted by Gasteiger charge is -2.30. The van der Waals surface area contributed by atoms with Crippen molar-refractivity contribution in [3.63, 3.8) is 0 Å². The number of thiophene rings is 1. The summed E-state index contributed by atoms with van der Waals surface area (Å²) in [5.74, 6) is 6.62. The van der Waals surface area contributed by atoms with Crippen LogP contribution in [-0.4, -0.2) is 35.7 Å². The van der Waals surface area contributed by atoms with E-state index in [1.54, 1.807) is 11.3 Å². The van der Waals surface area contributed by atoms with Crippen molar-refractivity contribution in [2.45, 2.75) is 32.7 Å². The molecule has 0 aliphatic carbocycles. The van der Waals surface area contributed by atoms with E-state index in [1.165, 1.54) is 0 Å². The second kappa shape index (κ2) is 8.06. The lowest BCUT2D eigenvalue weighted by atomic mass is 10.00. The largest absolute Gasteiger partial charge is 0.395 e. The number of likely N-dealkylation sites (tertiary alicyclic amines) is 1. The lowest BCUT2D eigenvalue weighted by Crippen LogP contribution is -2.43. The van der Waals surface area contributed by atoms with Gasteiger partial charge in [0.1, 0.15) is 0 Å². The maximum absolute atomic E-state index is 12.1. The maximum Gasteiger partial charge on any atom is 0.317 e. The Morgan fingerprint density at radius 1 is 1.52 bits per heavy atom. The molecule has 0 atom stereocenters. The molecule has 1 aliphatic rings. The summed E-state index contributed by atoms with van der Waals surface area (Å²) in [5.41, 5.74) is 0.949. The molecule has 114 valence electrons. The maximum atomic E-state index is 12.1. The molecule has 0 radical (unpaired) electrons. The molecular formula is C16H22N2O2S. The van der Waals surface area contributed by atoms with Crippen LogP contribution < -0.4 is 5.32 Å². The molecule has 2 rings (SSSR count). The van der Waals surface area contributed by atoms with Crippen LogP contribution in [0.25, 0.3) is 0 Å². The van der Waals surface area contributed by atoms with Crippen LogP contribution in [0.3, 0.4) is 0 Å². The third kappa shape index (κ3) is 5.07. The number of carbonyl (C=O) groups is 1. The van der Waals surface area contributed by atoms with E-state index in [0.29, 0.717) is 13.0 Å². The van der Waals surface area contributed by atoms with Gasteiger partial charge in [0.15, 0.2) is 0 Å². The van der Waals surface area contributed by atoms with E-state index < -0.39 is 0 Å². The summed E-state index contributed by atoms with van der Waals surface area (Å²) < 4.78 is 0. The van der Waals surface area contributed by atoms with E-state index in [4.69, 9.17) is 5.11 Å². The standard InChI is InChI=1S/C16H22N2O2S/c1-13-5-7-18(8-6-13)16(20)17-11-15-10-14(12-21-15)4-2-3-9-19/h10,12-13,19H,3,5-9,11H2,1H3,(H,17,20). The minimum Gasteiger partial charge on any atom is -0.395 e. The molecule has 4 nitrogen and oxygen atoms in total. The number of hydrogen-bond acceptors (Lipinski definition) is 3. The fourth-order valence-corrected chi connectivity index (χ4v) is 3.00. The van der Waals surface area contributed by atoms with E-state index in [9.17, 15) is 4.79 Å². The molecule has 1 aliphatic heterocycles. The van der Waals surface area contributed by atoms with Crippen LogP contribution in [0.4, 0.5) is 4.79 Å². The zero-order valence-corrected chi connectivity index (χ0v) is 13.2. The van der Waals surface area contributed by atoms with Gasteiger partial charge in [-0.05, 0) is 24.8 Å². The van der Waals surface area contributed by atoms with Gasteiger partial charge >= 0.3 is 6.03 Å². The molecule has 0 bridgehead atoms. The number of nitrogens with zero attached hydrogens (tertiary/aromatic N) is 1. The molecule has 0 spiro atoms. The molecule has 2 heterocycles. The second-order valence-corrected chi connectivity index (χ2v) is 6.40. The van der Waals surface area contributed by atoms with Gasteiger partial charge in [-0.15, -0.1) is 11.3 Å². The van der Waals surface area contributed by atoms with Crippen molar-refractivity contribution in [2.75, 3.05) is 19.7 Å². The van der Waals surface area contributed by atoms with Crippen LogP contribution in [0.2, 0.25) is 0 Å². The first-order valence-electron chi connectivity index (χ1n) is 7.39. The summed E-state index contributed by atoms with van der Waals surface area (Å²) in [4.78, 5) is 15.1. The Bertz CT molecular complexity index is 522. The van der Waals surface area contributed by atoms with E-state index in [0.717, 1.165) is 42.3 Å². The summed E-state index contributed by atoms with van der Waals surface area (Å²) in [6.45, 7) is 4.59. The Balaban J connectivity index is 1.78. The van der Waals surface area contributed by atoms with Crippen molar-refractivity contribution in [3.8, 4) is 11.8 Å². The van der Waals surface area contributed by atoms with Gasteiger partial charge in [0, 0.05) is 35.3 Å². The van der Waals surface area contributed by atoms with E-state index in [1.807, 2.05) is 16.3 Å². The molecule has 1 aromatic rings. The molecule has 0 saturated carbocycles. The number of hydrogen-bond donors (Lipinski definition) is 2. The molecule has 5 heteroatoms. The summed E-state index contributed by atoms with van der Waals surface area (Å²) >= 11 is 1.60. The van der Waals surface area contributed by atoms with Gasteiger partial charge in [-0.2, -0.15) is 0 Å². The predicted octanol–water partition coefficient (Wildman–Crippen LogP) is 2.42. The van der Waals surface area contributed by atoms with Crippen LogP contribution in [-0.2, 0) is 6.54 Å². The van der Waals surface area contributed by atoms with Gasteiger partial charge in [-0.25, -0.2) is 4.79 Å². The van der Waals surface area contributed by atoms with Crippen molar-refractivity contribution in [2.24, 2.45) is 5.92 Å². The minimum atomic E-state index is 0.0308. The SMILES string of the molecule is CC1CCN(C(=O)NCc2cc(C#CCCO)cs2)CC1. The van der Waals surface area contributed by atoms with Gasteiger partial charge in [-0.3, -0.25) is 0 Å². The molecule has 21 heavy (non-hydrogen) atoms. The summed E-state index contributed by atoms with van der Waals surface area (Å²) in [6.07, 6.45) is 2.68. The second-order valence-electron chi connectivity index (χ2n) is 5.41. The molecule has 2 amide bonds. The number of amides is 2. The number of rotatable bonds is 3. The van der Waals surface area contributed by atoms with Gasteiger partial charge < -0.3 is 15.3 Å². The molecule has 1 fully saturated rings. The third-order valence-corrected chi connectivity index (χ3v) is 4.54. The number of nitrogens with one attached hydrogen (secondary N) is 1. The molecule has 2 N–H and O–H groups in total. The average Bonchev–Trinajstić information content (AvgIpc) is 2.94. The highest BCUT2D eigenvalue weighted by Crippen LogP contribution is 2.17. The van der Waals surface area contributed by atoms with Crippen LogP contribution >= 0.6 is 11.3 Å². The number of aliphatic hydroxyl groups excluding tert-OH is 1. The van der Waals surface area contributed by atoms with Crippen molar-refractivity contribution in [1.29, 1.82) is 0 Å². The van der Waals surface area contributed by atoms with Crippen molar-refractivity contribution in [1.82, 2.24) is 10.2 Å². The number of carbonyl (C=O) groups excluding carboxylic acids is 1. The van der Waals surface area contributed by atoms with Gasteiger partial charge in [0.25, 0.3) is 0 Å². The highest BCUT2D eigenvalue weighted by Gasteiger charge is 2.19. The molecular weight excluding hydrogens is 284 g/mol. The Labute approximate surface area is 130 Å². The first kappa shape index (κ1) is 15.9. The van der Waals surface area contributed by atoms with Crippen LogP contribution in [0.1, 0.15) is 36.6 Å². The fourth-order valence-electron chi connectivity index (χ4n) is 2.25. The minimum absolute atomic E-state index is 0.0308. The molecule has 1 saturated heterocycles. The Morgan fingerprint density at radius 3 is 3.00 bits per heavy atom. The van der Waals surface area contributed by atoms with Crippen molar-refractivity contribution in [3.05, 3.63) is 21.9 Å². The Kier molecular flexibility index (Phi) is 6.09. The Morgan fingerprint density at radius 2 is 2.29 bits per heavy atom. The predicted molar refractivity (Wildman–Crippen MR) is 85.1 cm³/mol.